The molecule has 0 N–H and O–H groups in total. The van der Waals surface area contributed by atoms with Gasteiger partial charge >= 0.3 is 0 Å². The molecule has 1 heterocycles. The topological polar surface area (TPSA) is 37.4 Å². The molecule has 0 atom stereocenters. The number of sulfonamides is 1. The average molecular weight is 253 g/mol. The monoisotopic (exact) mass is 253 g/mol. The Morgan fingerprint density at radius 2 is 1.53 bits per heavy atom. The number of rotatable bonds is 3. The highest BCUT2D eigenvalue weighted by Crippen LogP contribution is 2.39. The Labute approximate surface area is 95.6 Å². The lowest BCUT2D eigenvalue weighted by Crippen LogP contribution is -2.38. The third kappa shape index (κ3) is 4.74. The van der Waals surface area contributed by atoms with Crippen molar-refractivity contribution in [1.82, 2.24) is 4.31 Å². The van der Waals surface area contributed by atoms with E-state index in [2.05, 4.69) is 18.8 Å². The summed E-state index contributed by atoms with van der Waals surface area (Å²) < 4.78 is 24.2. The Morgan fingerprint density at radius 1 is 1.07 bits per heavy atom. The van der Waals surface area contributed by atoms with Gasteiger partial charge in [0.1, 0.15) is 0 Å². The molecule has 1 saturated heterocycles. The summed E-state index contributed by atoms with van der Waals surface area (Å²) in [6, 6.07) is 0. The molecule has 1 fully saturated rings. The van der Waals surface area contributed by atoms with E-state index in [0.29, 0.717) is 0 Å². The summed E-state index contributed by atoms with van der Waals surface area (Å²) in [5.41, 5.74) is 0. The number of piperidine rings is 1. The van der Waals surface area contributed by atoms with E-state index in [1.54, 1.807) is 4.31 Å². The van der Waals surface area contributed by atoms with Crippen LogP contribution in [-0.2, 0) is 10.0 Å². The normalized spacial score (nSPS) is 22.9. The second-order valence-electron chi connectivity index (χ2n) is 5.36. The highest BCUT2D eigenvalue weighted by Gasteiger charge is 2.26. The molecule has 92 valence electrons. The van der Waals surface area contributed by atoms with E-state index in [1.807, 2.05) is 0 Å². The van der Waals surface area contributed by atoms with Crippen LogP contribution in [0.4, 0.5) is 0 Å². The maximum atomic E-state index is 11.3. The Bertz CT molecular complexity index is 298. The number of hydrogen-bond acceptors (Lipinski definition) is 2. The van der Waals surface area contributed by atoms with Gasteiger partial charge < -0.3 is 0 Å². The third-order valence-corrected chi connectivity index (χ3v) is 5.55. The predicted molar refractivity (Wildman–Crippen MR) is 69.4 cm³/mol. The van der Waals surface area contributed by atoms with Crippen molar-refractivity contribution < 1.29 is 8.42 Å². The molecule has 0 radical (unpaired) electrons. The van der Waals surface area contributed by atoms with Crippen molar-refractivity contribution in [3.8, 4) is 0 Å². The molecule has 1 rings (SSSR count). The molecule has 1 aliphatic rings. The van der Waals surface area contributed by atoms with Crippen molar-refractivity contribution in [3.05, 3.63) is 0 Å². The molecule has 0 aromatic rings. The first-order valence-corrected chi connectivity index (χ1v) is 10.2. The van der Waals surface area contributed by atoms with Gasteiger partial charge in [0.05, 0.1) is 6.26 Å². The maximum absolute atomic E-state index is 11.3. The van der Waals surface area contributed by atoms with Crippen LogP contribution in [0.3, 0.4) is 0 Å². The van der Waals surface area contributed by atoms with E-state index in [0.717, 1.165) is 31.8 Å². The molecular weight excluding hydrogens is 230 g/mol. The molecule has 1 aliphatic heterocycles. The summed E-state index contributed by atoms with van der Waals surface area (Å²) in [5.74, 6) is 2.02. The van der Waals surface area contributed by atoms with Crippen molar-refractivity contribution in [1.29, 1.82) is 0 Å². The Hall–Kier alpha value is 0.260. The van der Waals surface area contributed by atoms with Gasteiger partial charge in [-0.2, -0.15) is 0 Å². The molecule has 5 heteroatoms. The van der Waals surface area contributed by atoms with Crippen LogP contribution in [0, 0.1) is 5.92 Å². The third-order valence-electron chi connectivity index (χ3n) is 2.78. The van der Waals surface area contributed by atoms with E-state index in [-0.39, 0.29) is 0 Å². The van der Waals surface area contributed by atoms with E-state index >= 15 is 0 Å². The standard InChI is InChI=1S/C10H23NO2S2/c1-14(2,3)9-10-5-7-11(8-6-10)15(4,12)13/h10H,5-9H2,1-4H3. The molecule has 0 bridgehead atoms. The van der Waals surface area contributed by atoms with Crippen molar-refractivity contribution in [2.75, 3.05) is 43.9 Å². The fourth-order valence-corrected chi connectivity index (χ4v) is 4.74. The lowest BCUT2D eigenvalue weighted by molar-refractivity contribution is 0.292. The highest BCUT2D eigenvalue weighted by atomic mass is 32.3. The smallest absolute Gasteiger partial charge is 0.211 e. The van der Waals surface area contributed by atoms with Crippen LogP contribution in [0.5, 0.6) is 0 Å². The average Bonchev–Trinajstić information content (AvgIpc) is 2.00. The van der Waals surface area contributed by atoms with Crippen LogP contribution in [0.25, 0.3) is 0 Å². The SMILES string of the molecule is CS(C)(C)CC1CCN(S(C)(=O)=O)CC1. The molecule has 15 heavy (non-hydrogen) atoms. The van der Waals surface area contributed by atoms with Crippen LogP contribution >= 0.6 is 10.0 Å². The lowest BCUT2D eigenvalue weighted by Gasteiger charge is -2.36. The van der Waals surface area contributed by atoms with Crippen LogP contribution in [0.15, 0.2) is 0 Å². The van der Waals surface area contributed by atoms with Crippen molar-refractivity contribution in [3.63, 3.8) is 0 Å². The first-order chi connectivity index (χ1) is 6.68. The Kier molecular flexibility index (Phi) is 4.12. The summed E-state index contributed by atoms with van der Waals surface area (Å²) >= 11 is 0. The Morgan fingerprint density at radius 3 is 1.87 bits per heavy atom. The summed E-state index contributed by atoms with van der Waals surface area (Å²) in [5, 5.41) is 0. The first-order valence-electron chi connectivity index (χ1n) is 5.29. The van der Waals surface area contributed by atoms with Crippen LogP contribution < -0.4 is 0 Å². The minimum atomic E-state index is -2.95. The second-order valence-corrected chi connectivity index (χ2v) is 11.9. The zero-order valence-electron chi connectivity index (χ0n) is 10.2. The van der Waals surface area contributed by atoms with Gasteiger partial charge in [0, 0.05) is 13.1 Å². The van der Waals surface area contributed by atoms with Crippen molar-refractivity contribution in [2.45, 2.75) is 12.8 Å². The van der Waals surface area contributed by atoms with Gasteiger partial charge in [0.2, 0.25) is 10.0 Å². The van der Waals surface area contributed by atoms with Crippen molar-refractivity contribution in [2.24, 2.45) is 5.92 Å². The fraction of sp³-hybridized carbons (Fsp3) is 1.00. The second kappa shape index (κ2) is 4.63. The Balaban J connectivity index is 2.43. The highest BCUT2D eigenvalue weighted by molar-refractivity contribution is 8.32. The quantitative estimate of drug-likeness (QED) is 0.761. The summed E-state index contributed by atoms with van der Waals surface area (Å²) in [6.07, 6.45) is 10.4. The summed E-state index contributed by atoms with van der Waals surface area (Å²) in [7, 11) is -3.40. The zero-order valence-corrected chi connectivity index (χ0v) is 11.8. The molecule has 0 amide bonds. The molecule has 0 aromatic heterocycles. The number of nitrogens with zero attached hydrogens (tertiary/aromatic N) is 1. The van der Waals surface area contributed by atoms with Crippen LogP contribution in [-0.4, -0.2) is 56.6 Å². The van der Waals surface area contributed by atoms with Gasteiger partial charge in [0.15, 0.2) is 0 Å². The van der Waals surface area contributed by atoms with Gasteiger partial charge in [0.25, 0.3) is 0 Å². The van der Waals surface area contributed by atoms with E-state index in [1.165, 1.54) is 12.0 Å². The van der Waals surface area contributed by atoms with Gasteiger partial charge in [-0.05, 0) is 43.3 Å². The molecule has 0 unspecified atom stereocenters. The first kappa shape index (κ1) is 13.3. The van der Waals surface area contributed by atoms with Gasteiger partial charge in [-0.15, -0.1) is 0 Å². The number of hydrogen-bond donors (Lipinski definition) is 0. The minimum Gasteiger partial charge on any atom is -0.249 e. The largest absolute Gasteiger partial charge is 0.249 e. The molecule has 3 nitrogen and oxygen atoms in total. The van der Waals surface area contributed by atoms with Crippen molar-refractivity contribution >= 4 is 20.1 Å². The van der Waals surface area contributed by atoms with E-state index in [4.69, 9.17) is 0 Å². The van der Waals surface area contributed by atoms with Gasteiger partial charge in [-0.1, -0.05) is 0 Å². The molecule has 0 aliphatic carbocycles. The predicted octanol–water partition coefficient (Wildman–Crippen LogP) is 1.35. The maximum Gasteiger partial charge on any atom is 0.211 e. The molecule has 0 aromatic carbocycles. The van der Waals surface area contributed by atoms with Crippen LogP contribution in [0.2, 0.25) is 0 Å². The lowest BCUT2D eigenvalue weighted by atomic mass is 10.0. The van der Waals surface area contributed by atoms with E-state index in [9.17, 15) is 8.42 Å². The fourth-order valence-electron chi connectivity index (χ4n) is 2.11. The zero-order chi connectivity index (χ0) is 11.7. The molecular formula is C10H23NO2S2. The van der Waals surface area contributed by atoms with E-state index < -0.39 is 20.1 Å². The van der Waals surface area contributed by atoms with Gasteiger partial charge in [-0.25, -0.2) is 22.8 Å². The van der Waals surface area contributed by atoms with Gasteiger partial charge in [-0.3, -0.25) is 0 Å². The molecule has 0 spiro atoms. The summed E-state index contributed by atoms with van der Waals surface area (Å²) in [6.45, 7) is 1.44. The molecule has 0 saturated carbocycles. The minimum absolute atomic E-state index is 0.445. The van der Waals surface area contributed by atoms with Crippen LogP contribution in [0.1, 0.15) is 12.8 Å². The summed E-state index contributed by atoms with van der Waals surface area (Å²) in [4.78, 5) is 0.